The van der Waals surface area contributed by atoms with Gasteiger partial charge in [0.25, 0.3) is 5.91 Å². The van der Waals surface area contributed by atoms with Crippen LogP contribution in [0.15, 0.2) is 36.8 Å². The molecule has 0 radical (unpaired) electrons. The highest BCUT2D eigenvalue weighted by Gasteiger charge is 2.31. The average Bonchev–Trinajstić information content (AvgIpc) is 3.38. The second-order valence-corrected chi connectivity index (χ2v) is 6.35. The van der Waals surface area contributed by atoms with Crippen molar-refractivity contribution in [2.45, 2.75) is 13.0 Å². The molecule has 0 bridgehead atoms. The first-order chi connectivity index (χ1) is 13.2. The van der Waals surface area contributed by atoms with Gasteiger partial charge in [0.2, 0.25) is 0 Å². The minimum atomic E-state index is -0.0959. The van der Waals surface area contributed by atoms with Gasteiger partial charge in [0.15, 0.2) is 5.82 Å². The lowest BCUT2D eigenvalue weighted by Crippen LogP contribution is -2.54. The minimum absolute atomic E-state index is 0.0211. The molecule has 10 nitrogen and oxygen atoms in total. The van der Waals surface area contributed by atoms with Gasteiger partial charge in [-0.3, -0.25) is 9.89 Å². The Morgan fingerprint density at radius 1 is 1.30 bits per heavy atom. The first kappa shape index (κ1) is 17.0. The lowest BCUT2D eigenvalue weighted by Gasteiger charge is -2.41. The van der Waals surface area contributed by atoms with Crippen molar-refractivity contribution in [1.29, 1.82) is 0 Å². The molecule has 0 spiro atoms. The number of anilines is 1. The van der Waals surface area contributed by atoms with E-state index >= 15 is 0 Å². The second kappa shape index (κ2) is 7.06. The number of ether oxygens (including phenoxy) is 1. The molecule has 2 aromatic heterocycles. The molecule has 1 atom stereocenters. The Hall–Kier alpha value is -3.43. The number of hydrogen-bond donors (Lipinski definition) is 1. The van der Waals surface area contributed by atoms with E-state index in [0.717, 1.165) is 11.4 Å². The standard InChI is InChI=1S/C17H20N8O2/c1-12-10-23(14-5-3-4-6-15(14)27-2)7-8-24(12)17(26)13-9-18-20-16(13)25-11-19-21-22-25/h3-6,9,11-12H,7-8,10H2,1-2H3,(H,18,20)/t12-/m1/s1. The number of rotatable bonds is 4. The second-order valence-electron chi connectivity index (χ2n) is 6.35. The van der Waals surface area contributed by atoms with Gasteiger partial charge in [-0.2, -0.15) is 9.78 Å². The van der Waals surface area contributed by atoms with E-state index in [0.29, 0.717) is 31.0 Å². The van der Waals surface area contributed by atoms with Crippen molar-refractivity contribution in [3.8, 4) is 11.6 Å². The number of hydrogen-bond acceptors (Lipinski definition) is 7. The van der Waals surface area contributed by atoms with Crippen molar-refractivity contribution in [3.63, 3.8) is 0 Å². The molecule has 0 saturated carbocycles. The van der Waals surface area contributed by atoms with E-state index < -0.39 is 0 Å². The van der Waals surface area contributed by atoms with Crippen molar-refractivity contribution >= 4 is 11.6 Å². The van der Waals surface area contributed by atoms with Crippen molar-refractivity contribution in [2.75, 3.05) is 31.6 Å². The quantitative estimate of drug-likeness (QED) is 0.724. The highest BCUT2D eigenvalue weighted by molar-refractivity contribution is 5.97. The van der Waals surface area contributed by atoms with Crippen LogP contribution >= 0.6 is 0 Å². The topological polar surface area (TPSA) is 105 Å². The number of tetrazole rings is 1. The number of nitrogens with zero attached hydrogens (tertiary/aromatic N) is 7. The lowest BCUT2D eigenvalue weighted by atomic mass is 10.1. The van der Waals surface area contributed by atoms with E-state index in [1.807, 2.05) is 36.1 Å². The third kappa shape index (κ3) is 3.09. The average molecular weight is 368 g/mol. The zero-order valence-electron chi connectivity index (χ0n) is 15.1. The van der Waals surface area contributed by atoms with Crippen LogP contribution in [-0.4, -0.2) is 74.0 Å². The summed E-state index contributed by atoms with van der Waals surface area (Å²) in [6, 6.07) is 7.94. The van der Waals surface area contributed by atoms with Gasteiger partial charge < -0.3 is 14.5 Å². The Morgan fingerprint density at radius 2 is 2.15 bits per heavy atom. The van der Waals surface area contributed by atoms with E-state index in [2.05, 4.69) is 30.6 Å². The zero-order valence-corrected chi connectivity index (χ0v) is 15.1. The molecule has 140 valence electrons. The molecule has 1 amide bonds. The van der Waals surface area contributed by atoms with Crippen LogP contribution < -0.4 is 9.64 Å². The van der Waals surface area contributed by atoms with Crippen LogP contribution in [-0.2, 0) is 0 Å². The Bertz CT molecular complexity index is 923. The van der Waals surface area contributed by atoms with E-state index in [1.54, 1.807) is 7.11 Å². The summed E-state index contributed by atoms with van der Waals surface area (Å²) in [5, 5.41) is 17.8. The molecule has 3 aromatic rings. The summed E-state index contributed by atoms with van der Waals surface area (Å²) < 4.78 is 6.87. The maximum absolute atomic E-state index is 13.1. The van der Waals surface area contributed by atoms with E-state index in [4.69, 9.17) is 4.74 Å². The maximum Gasteiger partial charge on any atom is 0.259 e. The summed E-state index contributed by atoms with van der Waals surface area (Å²) in [6.45, 7) is 4.06. The summed E-state index contributed by atoms with van der Waals surface area (Å²) in [7, 11) is 1.67. The molecule has 0 unspecified atom stereocenters. The molecule has 3 heterocycles. The number of aromatic amines is 1. The predicted molar refractivity (Wildman–Crippen MR) is 97.0 cm³/mol. The number of carbonyl (C=O) groups excluding carboxylic acids is 1. The Morgan fingerprint density at radius 3 is 2.89 bits per heavy atom. The fourth-order valence-electron chi connectivity index (χ4n) is 3.40. The van der Waals surface area contributed by atoms with E-state index in [-0.39, 0.29) is 11.9 Å². The van der Waals surface area contributed by atoms with Gasteiger partial charge in [0, 0.05) is 25.7 Å². The normalized spacial score (nSPS) is 17.2. The molecule has 10 heteroatoms. The highest BCUT2D eigenvalue weighted by atomic mass is 16.5. The summed E-state index contributed by atoms with van der Waals surface area (Å²) in [6.07, 6.45) is 2.94. The highest BCUT2D eigenvalue weighted by Crippen LogP contribution is 2.30. The van der Waals surface area contributed by atoms with Crippen LogP contribution in [0.25, 0.3) is 5.82 Å². The third-order valence-corrected chi connectivity index (χ3v) is 4.74. The van der Waals surface area contributed by atoms with Crippen LogP contribution in [0.2, 0.25) is 0 Å². The molecular weight excluding hydrogens is 348 g/mol. The molecule has 1 fully saturated rings. The van der Waals surface area contributed by atoms with Gasteiger partial charge in [-0.25, -0.2) is 0 Å². The first-order valence-electron chi connectivity index (χ1n) is 8.64. The Balaban J connectivity index is 1.53. The fourth-order valence-corrected chi connectivity index (χ4v) is 3.40. The Labute approximate surface area is 155 Å². The lowest BCUT2D eigenvalue weighted by molar-refractivity contribution is 0.0674. The van der Waals surface area contributed by atoms with Gasteiger partial charge >= 0.3 is 0 Å². The number of carbonyl (C=O) groups is 1. The largest absolute Gasteiger partial charge is 0.495 e. The summed E-state index contributed by atoms with van der Waals surface area (Å²) >= 11 is 0. The number of para-hydroxylation sites is 2. The number of nitrogens with one attached hydrogen (secondary N) is 1. The molecule has 0 aliphatic carbocycles. The van der Waals surface area contributed by atoms with Crippen molar-refractivity contribution in [2.24, 2.45) is 0 Å². The van der Waals surface area contributed by atoms with Crippen molar-refractivity contribution in [3.05, 3.63) is 42.4 Å². The van der Waals surface area contributed by atoms with Crippen LogP contribution in [0.1, 0.15) is 17.3 Å². The van der Waals surface area contributed by atoms with Crippen LogP contribution in [0.3, 0.4) is 0 Å². The number of benzene rings is 1. The summed E-state index contributed by atoms with van der Waals surface area (Å²) in [5.41, 5.74) is 1.48. The fraction of sp³-hybridized carbons (Fsp3) is 0.353. The van der Waals surface area contributed by atoms with Crippen LogP contribution in [0.4, 0.5) is 5.69 Å². The molecule has 27 heavy (non-hydrogen) atoms. The molecule has 1 aliphatic heterocycles. The van der Waals surface area contributed by atoms with Gasteiger partial charge in [0.1, 0.15) is 17.6 Å². The van der Waals surface area contributed by atoms with Gasteiger partial charge in [-0.05, 0) is 29.5 Å². The van der Waals surface area contributed by atoms with E-state index in [1.165, 1.54) is 17.2 Å². The van der Waals surface area contributed by atoms with Crippen molar-refractivity contribution in [1.82, 2.24) is 35.3 Å². The third-order valence-electron chi connectivity index (χ3n) is 4.74. The SMILES string of the molecule is COc1ccccc1N1CCN(C(=O)c2cn[nH]c2-n2cnnn2)[C@H](C)C1. The Kier molecular flexibility index (Phi) is 4.45. The number of H-pyrrole nitrogens is 1. The predicted octanol–water partition coefficient (Wildman–Crippen LogP) is 0.745. The molecule has 1 aromatic carbocycles. The maximum atomic E-state index is 13.1. The van der Waals surface area contributed by atoms with Crippen LogP contribution in [0, 0.1) is 0 Å². The summed E-state index contributed by atoms with van der Waals surface area (Å²) in [4.78, 5) is 17.2. The molecule has 4 rings (SSSR count). The number of aromatic nitrogens is 6. The van der Waals surface area contributed by atoms with E-state index in [9.17, 15) is 4.79 Å². The zero-order chi connectivity index (χ0) is 18.8. The summed E-state index contributed by atoms with van der Waals surface area (Å²) in [5.74, 6) is 1.20. The number of amides is 1. The van der Waals surface area contributed by atoms with Gasteiger partial charge in [-0.15, -0.1) is 5.10 Å². The number of piperazine rings is 1. The first-order valence-corrected chi connectivity index (χ1v) is 8.64. The van der Waals surface area contributed by atoms with Gasteiger partial charge in [0.05, 0.1) is 19.0 Å². The number of methoxy groups -OCH3 is 1. The minimum Gasteiger partial charge on any atom is -0.495 e. The molecule has 1 aliphatic rings. The van der Waals surface area contributed by atoms with Gasteiger partial charge in [-0.1, -0.05) is 12.1 Å². The van der Waals surface area contributed by atoms with Crippen molar-refractivity contribution < 1.29 is 9.53 Å². The molecule has 1 N–H and O–H groups in total. The molecule has 1 saturated heterocycles. The monoisotopic (exact) mass is 368 g/mol. The molecular formula is C17H20N8O2. The van der Waals surface area contributed by atoms with Crippen LogP contribution in [0.5, 0.6) is 5.75 Å². The smallest absolute Gasteiger partial charge is 0.259 e.